The number of nitrogens with two attached hydrogens (primary N) is 1. The summed E-state index contributed by atoms with van der Waals surface area (Å²) in [5.74, 6) is 1.68. The van der Waals surface area contributed by atoms with Crippen LogP contribution in [-0.2, 0) is 0 Å². The summed E-state index contributed by atoms with van der Waals surface area (Å²) in [5, 5.41) is 6.54. The average molecular weight is 333 g/mol. The van der Waals surface area contributed by atoms with Crippen LogP contribution >= 0.6 is 0 Å². The number of nitrogens with zero attached hydrogens (tertiary/aromatic N) is 2. The van der Waals surface area contributed by atoms with E-state index in [1.807, 2.05) is 43.3 Å². The predicted molar refractivity (Wildman–Crippen MR) is 105 cm³/mol. The van der Waals surface area contributed by atoms with Gasteiger partial charge in [-0.15, -0.1) is 0 Å². The summed E-state index contributed by atoms with van der Waals surface area (Å²) in [6.07, 6.45) is 1.50. The molecule has 1 heterocycles. The van der Waals surface area contributed by atoms with Crippen LogP contribution in [0.25, 0.3) is 0 Å². The zero-order chi connectivity index (χ0) is 17.8. The van der Waals surface area contributed by atoms with Gasteiger partial charge in [-0.2, -0.15) is 0 Å². The number of anilines is 5. The van der Waals surface area contributed by atoms with Gasteiger partial charge >= 0.3 is 0 Å². The van der Waals surface area contributed by atoms with Crippen molar-refractivity contribution < 1.29 is 0 Å². The van der Waals surface area contributed by atoms with E-state index < -0.39 is 0 Å². The standard InChI is InChI=1S/C20H23N5/c1-13(2)15-8-10-16(11-9-15)24-19-18(21)20(23-12-22-19)25-17-7-5-4-6-14(17)3/h4-13H,21H2,1-3H3,(H2,22,23,24,25). The van der Waals surface area contributed by atoms with E-state index in [2.05, 4.69) is 46.6 Å². The Kier molecular flexibility index (Phi) is 4.84. The predicted octanol–water partition coefficient (Wildman–Crippen LogP) is 4.98. The highest BCUT2D eigenvalue weighted by Gasteiger charge is 2.10. The van der Waals surface area contributed by atoms with Crippen LogP contribution in [0.2, 0.25) is 0 Å². The fraction of sp³-hybridized carbons (Fsp3) is 0.200. The van der Waals surface area contributed by atoms with Gasteiger partial charge in [0.1, 0.15) is 12.0 Å². The Morgan fingerprint density at radius 1 is 0.880 bits per heavy atom. The van der Waals surface area contributed by atoms with E-state index >= 15 is 0 Å². The van der Waals surface area contributed by atoms with Gasteiger partial charge in [0.05, 0.1) is 0 Å². The molecule has 0 aliphatic carbocycles. The maximum absolute atomic E-state index is 6.26. The van der Waals surface area contributed by atoms with Crippen molar-refractivity contribution in [3.63, 3.8) is 0 Å². The molecule has 3 rings (SSSR count). The summed E-state index contributed by atoms with van der Waals surface area (Å²) in [6.45, 7) is 6.39. The summed E-state index contributed by atoms with van der Waals surface area (Å²) in [6, 6.07) is 16.3. The number of benzene rings is 2. The minimum Gasteiger partial charge on any atom is -0.393 e. The minimum absolute atomic E-state index is 0.485. The number of nitrogens with one attached hydrogen (secondary N) is 2. The van der Waals surface area contributed by atoms with Crippen LogP contribution in [0.1, 0.15) is 30.9 Å². The molecular formula is C20H23N5. The first-order valence-corrected chi connectivity index (χ1v) is 8.34. The molecule has 0 saturated heterocycles. The lowest BCUT2D eigenvalue weighted by atomic mass is 10.0. The summed E-state index contributed by atoms with van der Waals surface area (Å²) in [7, 11) is 0. The zero-order valence-corrected chi connectivity index (χ0v) is 14.7. The molecule has 0 saturated carbocycles. The second-order valence-corrected chi connectivity index (χ2v) is 6.33. The maximum atomic E-state index is 6.26. The molecule has 4 N–H and O–H groups in total. The van der Waals surface area contributed by atoms with Crippen molar-refractivity contribution in [3.8, 4) is 0 Å². The molecule has 0 unspecified atom stereocenters. The van der Waals surface area contributed by atoms with E-state index in [4.69, 9.17) is 5.73 Å². The molecular weight excluding hydrogens is 310 g/mol. The van der Waals surface area contributed by atoms with Gasteiger partial charge in [0, 0.05) is 11.4 Å². The Balaban J connectivity index is 1.82. The van der Waals surface area contributed by atoms with Crippen LogP contribution in [0.5, 0.6) is 0 Å². The highest BCUT2D eigenvalue weighted by molar-refractivity contribution is 5.80. The Morgan fingerprint density at radius 2 is 1.52 bits per heavy atom. The largest absolute Gasteiger partial charge is 0.393 e. The summed E-state index contributed by atoms with van der Waals surface area (Å²) >= 11 is 0. The fourth-order valence-electron chi connectivity index (χ4n) is 2.52. The molecule has 3 aromatic rings. The number of rotatable bonds is 5. The SMILES string of the molecule is Cc1ccccc1Nc1ncnc(Nc2ccc(C(C)C)cc2)c1N. The minimum atomic E-state index is 0.485. The van der Waals surface area contributed by atoms with Crippen molar-refractivity contribution >= 4 is 28.7 Å². The van der Waals surface area contributed by atoms with E-state index in [-0.39, 0.29) is 0 Å². The normalized spacial score (nSPS) is 10.7. The Bertz CT molecular complexity index is 856. The van der Waals surface area contributed by atoms with E-state index in [1.54, 1.807) is 0 Å². The zero-order valence-electron chi connectivity index (χ0n) is 14.7. The number of hydrogen-bond donors (Lipinski definition) is 3. The summed E-state index contributed by atoms with van der Waals surface area (Å²) in [4.78, 5) is 8.54. The van der Waals surface area contributed by atoms with Gasteiger partial charge in [-0.3, -0.25) is 0 Å². The number of para-hydroxylation sites is 1. The van der Waals surface area contributed by atoms with Crippen LogP contribution < -0.4 is 16.4 Å². The molecule has 5 heteroatoms. The molecule has 0 radical (unpaired) electrons. The first-order valence-electron chi connectivity index (χ1n) is 8.34. The van der Waals surface area contributed by atoms with Crippen LogP contribution in [0.4, 0.5) is 28.7 Å². The maximum Gasteiger partial charge on any atom is 0.159 e. The number of aryl methyl sites for hydroxylation is 1. The number of nitrogen functional groups attached to an aromatic ring is 1. The fourth-order valence-corrected chi connectivity index (χ4v) is 2.52. The molecule has 0 fully saturated rings. The molecule has 0 amide bonds. The molecule has 0 atom stereocenters. The van der Waals surface area contributed by atoms with Gasteiger partial charge in [-0.05, 0) is 42.2 Å². The van der Waals surface area contributed by atoms with E-state index in [0.717, 1.165) is 16.9 Å². The molecule has 1 aromatic heterocycles. The van der Waals surface area contributed by atoms with E-state index in [9.17, 15) is 0 Å². The van der Waals surface area contributed by atoms with Gasteiger partial charge in [-0.1, -0.05) is 44.2 Å². The lowest BCUT2D eigenvalue weighted by Gasteiger charge is -2.14. The topological polar surface area (TPSA) is 75.9 Å². The van der Waals surface area contributed by atoms with Gasteiger partial charge in [0.15, 0.2) is 11.6 Å². The van der Waals surface area contributed by atoms with Crippen LogP contribution in [0.15, 0.2) is 54.9 Å². The van der Waals surface area contributed by atoms with E-state index in [1.165, 1.54) is 11.9 Å². The molecule has 5 nitrogen and oxygen atoms in total. The van der Waals surface area contributed by atoms with E-state index in [0.29, 0.717) is 23.2 Å². The monoisotopic (exact) mass is 333 g/mol. The summed E-state index contributed by atoms with van der Waals surface area (Å²) < 4.78 is 0. The third kappa shape index (κ3) is 3.88. The highest BCUT2D eigenvalue weighted by atomic mass is 15.1. The van der Waals surface area contributed by atoms with Gasteiger partial charge < -0.3 is 16.4 Å². The molecule has 2 aromatic carbocycles. The van der Waals surface area contributed by atoms with Crippen molar-refractivity contribution in [2.45, 2.75) is 26.7 Å². The number of aromatic nitrogens is 2. The Labute approximate surface area is 148 Å². The Morgan fingerprint density at radius 3 is 2.16 bits per heavy atom. The van der Waals surface area contributed by atoms with Gasteiger partial charge in [0.2, 0.25) is 0 Å². The average Bonchev–Trinajstić information content (AvgIpc) is 2.61. The van der Waals surface area contributed by atoms with Crippen LogP contribution in [0, 0.1) is 6.92 Å². The van der Waals surface area contributed by atoms with Crippen LogP contribution in [-0.4, -0.2) is 9.97 Å². The van der Waals surface area contributed by atoms with Crippen molar-refractivity contribution in [3.05, 3.63) is 66.0 Å². The summed E-state index contributed by atoms with van der Waals surface area (Å²) in [5.41, 5.74) is 11.1. The first-order chi connectivity index (χ1) is 12.0. The lowest BCUT2D eigenvalue weighted by molar-refractivity contribution is 0.867. The van der Waals surface area contributed by atoms with Crippen molar-refractivity contribution in [2.24, 2.45) is 0 Å². The molecule has 0 aliphatic heterocycles. The molecule has 0 bridgehead atoms. The Hall–Kier alpha value is -3.08. The third-order valence-electron chi connectivity index (χ3n) is 4.12. The molecule has 0 spiro atoms. The number of hydrogen-bond acceptors (Lipinski definition) is 5. The van der Waals surface area contributed by atoms with Crippen molar-refractivity contribution in [1.82, 2.24) is 9.97 Å². The highest BCUT2D eigenvalue weighted by Crippen LogP contribution is 2.29. The lowest BCUT2D eigenvalue weighted by Crippen LogP contribution is -2.05. The van der Waals surface area contributed by atoms with Crippen molar-refractivity contribution in [2.75, 3.05) is 16.4 Å². The van der Waals surface area contributed by atoms with Crippen molar-refractivity contribution in [1.29, 1.82) is 0 Å². The van der Waals surface area contributed by atoms with Crippen LogP contribution in [0.3, 0.4) is 0 Å². The quantitative estimate of drug-likeness (QED) is 0.614. The van der Waals surface area contributed by atoms with Gasteiger partial charge in [-0.25, -0.2) is 9.97 Å². The van der Waals surface area contributed by atoms with Gasteiger partial charge in [0.25, 0.3) is 0 Å². The molecule has 0 aliphatic rings. The first kappa shape index (κ1) is 16.8. The second-order valence-electron chi connectivity index (χ2n) is 6.33. The molecule has 128 valence electrons. The third-order valence-corrected chi connectivity index (χ3v) is 4.12. The second kappa shape index (κ2) is 7.21. The smallest absolute Gasteiger partial charge is 0.159 e. The molecule has 25 heavy (non-hydrogen) atoms.